The molecule has 0 atom stereocenters. The van der Waals surface area contributed by atoms with Gasteiger partial charge in [-0.1, -0.05) is 15.9 Å². The summed E-state index contributed by atoms with van der Waals surface area (Å²) in [7, 11) is 1.78. The first-order chi connectivity index (χ1) is 8.93. The number of non-ortho nitro benzene ring substituents is 1. The minimum absolute atomic E-state index is 0.0312. The normalized spacial score (nSPS) is 10.5. The van der Waals surface area contributed by atoms with Crippen molar-refractivity contribution >= 4 is 27.6 Å². The Hall–Kier alpha value is -1.47. The second-order valence-corrected chi connectivity index (χ2v) is 4.86. The molecular formula is C12H15BrN2O4. The van der Waals surface area contributed by atoms with Gasteiger partial charge in [-0.15, -0.1) is 0 Å². The highest BCUT2D eigenvalue weighted by molar-refractivity contribution is 9.10. The highest BCUT2D eigenvalue weighted by atomic mass is 79.9. The smallest absolute Gasteiger partial charge is 0.320 e. The SMILES string of the molecule is CCOC(=O)CN(C)Cc1ccc([N+](=O)[O-])cc1Br. The molecule has 1 rings (SSSR count). The number of ether oxygens (including phenoxy) is 1. The molecule has 0 saturated carbocycles. The monoisotopic (exact) mass is 330 g/mol. The van der Waals surface area contributed by atoms with Crippen LogP contribution in [-0.4, -0.2) is 36.0 Å². The lowest BCUT2D eigenvalue weighted by atomic mass is 10.2. The second kappa shape index (κ2) is 7.20. The van der Waals surface area contributed by atoms with Crippen LogP contribution in [0.15, 0.2) is 22.7 Å². The van der Waals surface area contributed by atoms with Crippen LogP contribution in [0.4, 0.5) is 5.69 Å². The van der Waals surface area contributed by atoms with Crippen molar-refractivity contribution in [3.63, 3.8) is 0 Å². The summed E-state index contributed by atoms with van der Waals surface area (Å²) < 4.78 is 5.50. The lowest BCUT2D eigenvalue weighted by molar-refractivity contribution is -0.384. The van der Waals surface area contributed by atoms with Crippen LogP contribution in [0.3, 0.4) is 0 Å². The molecule has 19 heavy (non-hydrogen) atoms. The van der Waals surface area contributed by atoms with Crippen LogP contribution in [0.1, 0.15) is 12.5 Å². The molecule has 0 N–H and O–H groups in total. The van der Waals surface area contributed by atoms with E-state index in [9.17, 15) is 14.9 Å². The van der Waals surface area contributed by atoms with E-state index in [1.165, 1.54) is 12.1 Å². The van der Waals surface area contributed by atoms with Gasteiger partial charge in [-0.25, -0.2) is 0 Å². The number of nitro benzene ring substituents is 1. The minimum Gasteiger partial charge on any atom is -0.465 e. The van der Waals surface area contributed by atoms with Crippen molar-refractivity contribution < 1.29 is 14.5 Å². The van der Waals surface area contributed by atoms with E-state index in [1.54, 1.807) is 24.9 Å². The average molecular weight is 331 g/mol. The maximum atomic E-state index is 11.3. The summed E-state index contributed by atoms with van der Waals surface area (Å²) in [6.45, 7) is 2.79. The van der Waals surface area contributed by atoms with Crippen molar-refractivity contribution in [1.82, 2.24) is 4.90 Å². The largest absolute Gasteiger partial charge is 0.465 e. The van der Waals surface area contributed by atoms with Crippen molar-refractivity contribution in [2.24, 2.45) is 0 Å². The Kier molecular flexibility index (Phi) is 5.91. The van der Waals surface area contributed by atoms with E-state index >= 15 is 0 Å². The highest BCUT2D eigenvalue weighted by Crippen LogP contribution is 2.23. The predicted molar refractivity (Wildman–Crippen MR) is 73.8 cm³/mol. The molecule has 0 fully saturated rings. The van der Waals surface area contributed by atoms with E-state index in [-0.39, 0.29) is 18.2 Å². The Morgan fingerprint density at radius 2 is 2.21 bits per heavy atom. The first-order valence-electron chi connectivity index (χ1n) is 5.71. The molecule has 1 aromatic carbocycles. The van der Waals surface area contributed by atoms with Gasteiger partial charge in [0.1, 0.15) is 0 Å². The third-order valence-electron chi connectivity index (χ3n) is 2.39. The molecular weight excluding hydrogens is 316 g/mol. The van der Waals surface area contributed by atoms with Gasteiger partial charge in [-0.05, 0) is 25.6 Å². The van der Waals surface area contributed by atoms with E-state index in [2.05, 4.69) is 15.9 Å². The van der Waals surface area contributed by atoms with Crippen LogP contribution in [0.2, 0.25) is 0 Å². The van der Waals surface area contributed by atoms with Crippen molar-refractivity contribution in [1.29, 1.82) is 0 Å². The standard InChI is InChI=1S/C12H15BrN2O4/c1-3-19-12(16)8-14(2)7-9-4-5-10(15(17)18)6-11(9)13/h4-6H,3,7-8H2,1-2H3. The van der Waals surface area contributed by atoms with E-state index in [0.717, 1.165) is 5.56 Å². The fourth-order valence-electron chi connectivity index (χ4n) is 1.55. The van der Waals surface area contributed by atoms with Crippen LogP contribution < -0.4 is 0 Å². The van der Waals surface area contributed by atoms with Gasteiger partial charge in [-0.3, -0.25) is 19.8 Å². The van der Waals surface area contributed by atoms with Crippen LogP contribution >= 0.6 is 15.9 Å². The minimum atomic E-state index is -0.448. The molecule has 0 spiro atoms. The van der Waals surface area contributed by atoms with Crippen molar-refractivity contribution in [3.8, 4) is 0 Å². The number of carbonyl (C=O) groups is 1. The van der Waals surface area contributed by atoms with E-state index < -0.39 is 4.92 Å². The Bertz CT molecular complexity index is 479. The third-order valence-corrected chi connectivity index (χ3v) is 3.13. The molecule has 0 amide bonds. The highest BCUT2D eigenvalue weighted by Gasteiger charge is 2.12. The van der Waals surface area contributed by atoms with Crippen molar-refractivity contribution in [2.45, 2.75) is 13.5 Å². The van der Waals surface area contributed by atoms with E-state index in [1.807, 2.05) is 0 Å². The first kappa shape index (κ1) is 15.6. The zero-order valence-electron chi connectivity index (χ0n) is 10.8. The zero-order valence-corrected chi connectivity index (χ0v) is 12.3. The quantitative estimate of drug-likeness (QED) is 0.454. The summed E-state index contributed by atoms with van der Waals surface area (Å²) in [5.74, 6) is -0.289. The van der Waals surface area contributed by atoms with E-state index in [0.29, 0.717) is 17.6 Å². The lowest BCUT2D eigenvalue weighted by Gasteiger charge is -2.16. The molecule has 0 bridgehead atoms. The third kappa shape index (κ3) is 4.96. The molecule has 0 unspecified atom stereocenters. The number of rotatable bonds is 6. The van der Waals surface area contributed by atoms with Gasteiger partial charge < -0.3 is 4.74 Å². The predicted octanol–water partition coefficient (Wildman–Crippen LogP) is 2.35. The maximum Gasteiger partial charge on any atom is 0.320 e. The molecule has 0 aliphatic rings. The Morgan fingerprint density at radius 1 is 1.53 bits per heavy atom. The summed E-state index contributed by atoms with van der Waals surface area (Å²) in [5, 5.41) is 10.6. The number of benzene rings is 1. The number of halogens is 1. The number of esters is 1. The fourth-order valence-corrected chi connectivity index (χ4v) is 2.04. The number of hydrogen-bond donors (Lipinski definition) is 0. The summed E-state index contributed by atoms with van der Waals surface area (Å²) in [6.07, 6.45) is 0. The van der Waals surface area contributed by atoms with Gasteiger partial charge in [0.05, 0.1) is 18.1 Å². The van der Waals surface area contributed by atoms with Crippen LogP contribution in [0, 0.1) is 10.1 Å². The Balaban J connectivity index is 2.66. The second-order valence-electron chi connectivity index (χ2n) is 4.01. The average Bonchev–Trinajstić information content (AvgIpc) is 2.31. The molecule has 0 radical (unpaired) electrons. The van der Waals surface area contributed by atoms with Crippen LogP contribution in [0.25, 0.3) is 0 Å². The lowest BCUT2D eigenvalue weighted by Crippen LogP contribution is -2.27. The van der Waals surface area contributed by atoms with Gasteiger partial charge in [0.2, 0.25) is 0 Å². The van der Waals surface area contributed by atoms with Crippen LogP contribution in [0.5, 0.6) is 0 Å². The summed E-state index contributed by atoms with van der Waals surface area (Å²) in [5.41, 5.74) is 0.904. The van der Waals surface area contributed by atoms with E-state index in [4.69, 9.17) is 4.74 Å². The molecule has 0 saturated heterocycles. The molecule has 0 aliphatic heterocycles. The number of hydrogen-bond acceptors (Lipinski definition) is 5. The fraction of sp³-hybridized carbons (Fsp3) is 0.417. The van der Waals surface area contributed by atoms with Gasteiger partial charge in [0.15, 0.2) is 0 Å². The van der Waals surface area contributed by atoms with Gasteiger partial charge >= 0.3 is 5.97 Å². The number of nitrogens with zero attached hydrogens (tertiary/aromatic N) is 2. The first-order valence-corrected chi connectivity index (χ1v) is 6.50. The van der Waals surface area contributed by atoms with Gasteiger partial charge in [0, 0.05) is 23.2 Å². The molecule has 6 nitrogen and oxygen atoms in total. The summed E-state index contributed by atoms with van der Waals surface area (Å²) in [4.78, 5) is 23.3. The molecule has 1 aromatic rings. The number of nitro groups is 1. The number of carbonyl (C=O) groups excluding carboxylic acids is 1. The summed E-state index contributed by atoms with van der Waals surface area (Å²) >= 11 is 3.29. The molecule has 0 heterocycles. The van der Waals surface area contributed by atoms with Crippen molar-refractivity contribution in [3.05, 3.63) is 38.3 Å². The van der Waals surface area contributed by atoms with Crippen molar-refractivity contribution in [2.75, 3.05) is 20.2 Å². The maximum absolute atomic E-state index is 11.3. The summed E-state index contributed by atoms with van der Waals surface area (Å²) in [6, 6.07) is 4.57. The molecule has 0 aromatic heterocycles. The molecule has 7 heteroatoms. The Labute approximate surface area is 119 Å². The molecule has 104 valence electrons. The van der Waals surface area contributed by atoms with Crippen LogP contribution in [-0.2, 0) is 16.1 Å². The zero-order chi connectivity index (χ0) is 14.4. The van der Waals surface area contributed by atoms with Gasteiger partial charge in [0.25, 0.3) is 5.69 Å². The van der Waals surface area contributed by atoms with Gasteiger partial charge in [-0.2, -0.15) is 0 Å². The topological polar surface area (TPSA) is 72.7 Å². The Morgan fingerprint density at radius 3 is 2.74 bits per heavy atom. The number of likely N-dealkylation sites (N-methyl/N-ethyl adjacent to an activating group) is 1. The molecule has 0 aliphatic carbocycles.